The van der Waals surface area contributed by atoms with Crippen molar-refractivity contribution < 1.29 is 9.29 Å². The molecule has 0 aromatic heterocycles. The number of benzene rings is 3. The first kappa shape index (κ1) is 23.9. The molecule has 0 saturated carbocycles. The van der Waals surface area contributed by atoms with Crippen LogP contribution < -0.4 is 9.50 Å². The van der Waals surface area contributed by atoms with Crippen LogP contribution in [0.5, 0.6) is 11.5 Å². The number of hydrogen-bond donors (Lipinski definition) is 2. The van der Waals surface area contributed by atoms with Crippen LogP contribution in [0.25, 0.3) is 0 Å². The van der Waals surface area contributed by atoms with Gasteiger partial charge in [0.15, 0.2) is 0 Å². The molecule has 0 saturated heterocycles. The zero-order valence-corrected chi connectivity index (χ0v) is 22.1. The molecule has 5 heteroatoms. The SMILES string of the molecule is CCc1ccc2c(c1)Sc1cc(OSc3cc(C(C)(C)C)c(O)c(C(C)(C)C)c3)ccc1N2. The molecular formula is C28H33NO2S2. The number of fused-ring (bicyclic) bond motifs is 2. The Morgan fingerprint density at radius 2 is 1.42 bits per heavy atom. The van der Waals surface area contributed by atoms with E-state index >= 15 is 0 Å². The number of anilines is 2. The Kier molecular flexibility index (Phi) is 6.41. The second-order valence-corrected chi connectivity index (χ2v) is 12.5. The summed E-state index contributed by atoms with van der Waals surface area (Å²) in [5.74, 6) is 1.20. The Balaban J connectivity index is 1.58. The van der Waals surface area contributed by atoms with Crippen molar-refractivity contribution in [3.63, 3.8) is 0 Å². The Morgan fingerprint density at radius 3 is 2.00 bits per heavy atom. The van der Waals surface area contributed by atoms with E-state index in [2.05, 4.69) is 84.1 Å². The molecule has 0 radical (unpaired) electrons. The predicted molar refractivity (Wildman–Crippen MR) is 142 cm³/mol. The van der Waals surface area contributed by atoms with E-state index < -0.39 is 0 Å². The van der Waals surface area contributed by atoms with Crippen molar-refractivity contribution in [3.8, 4) is 11.5 Å². The van der Waals surface area contributed by atoms with Crippen LogP contribution in [0.1, 0.15) is 65.2 Å². The Labute approximate surface area is 206 Å². The van der Waals surface area contributed by atoms with Gasteiger partial charge in [0.2, 0.25) is 0 Å². The topological polar surface area (TPSA) is 41.5 Å². The van der Waals surface area contributed by atoms with Gasteiger partial charge in [0.05, 0.1) is 23.4 Å². The molecule has 0 spiro atoms. The van der Waals surface area contributed by atoms with Gasteiger partial charge in [0.1, 0.15) is 11.5 Å². The lowest BCUT2D eigenvalue weighted by molar-refractivity contribution is 0.422. The number of aromatic hydroxyl groups is 1. The molecule has 0 bridgehead atoms. The number of phenolic OH excluding ortho intramolecular Hbond substituents is 1. The Bertz CT molecular complexity index is 1150. The van der Waals surface area contributed by atoms with Crippen LogP contribution in [0.4, 0.5) is 11.4 Å². The van der Waals surface area contributed by atoms with Crippen LogP contribution in [0, 0.1) is 0 Å². The molecule has 2 N–H and O–H groups in total. The highest BCUT2D eigenvalue weighted by Crippen LogP contribution is 2.47. The summed E-state index contributed by atoms with van der Waals surface area (Å²) in [6.45, 7) is 14.9. The van der Waals surface area contributed by atoms with Crippen LogP contribution >= 0.6 is 23.8 Å². The Morgan fingerprint density at radius 1 is 0.848 bits per heavy atom. The minimum atomic E-state index is -0.167. The van der Waals surface area contributed by atoms with Crippen molar-refractivity contribution in [2.75, 3.05) is 5.32 Å². The largest absolute Gasteiger partial charge is 0.507 e. The third kappa shape index (κ3) is 5.15. The summed E-state index contributed by atoms with van der Waals surface area (Å²) in [4.78, 5) is 3.39. The average Bonchev–Trinajstić information content (AvgIpc) is 2.74. The van der Waals surface area contributed by atoms with Gasteiger partial charge in [-0.05, 0) is 65.3 Å². The number of rotatable bonds is 4. The molecule has 33 heavy (non-hydrogen) atoms. The maximum atomic E-state index is 11.0. The Hall–Kier alpha value is -2.24. The second kappa shape index (κ2) is 8.84. The van der Waals surface area contributed by atoms with E-state index in [4.69, 9.17) is 4.18 Å². The first-order chi connectivity index (χ1) is 15.5. The second-order valence-electron chi connectivity index (χ2n) is 10.6. The van der Waals surface area contributed by atoms with Gasteiger partial charge < -0.3 is 14.6 Å². The van der Waals surface area contributed by atoms with E-state index in [1.807, 2.05) is 18.2 Å². The molecule has 1 aliphatic heterocycles. The highest BCUT2D eigenvalue weighted by atomic mass is 32.2. The first-order valence-corrected chi connectivity index (χ1v) is 13.0. The van der Waals surface area contributed by atoms with Gasteiger partial charge in [-0.1, -0.05) is 66.3 Å². The molecular weight excluding hydrogens is 446 g/mol. The zero-order valence-electron chi connectivity index (χ0n) is 20.5. The molecule has 3 nitrogen and oxygen atoms in total. The zero-order chi connectivity index (χ0) is 24.0. The lowest BCUT2D eigenvalue weighted by Gasteiger charge is -2.28. The summed E-state index contributed by atoms with van der Waals surface area (Å²) in [6, 6.07) is 16.9. The maximum Gasteiger partial charge on any atom is 0.139 e. The summed E-state index contributed by atoms with van der Waals surface area (Å²) in [6.07, 6.45) is 1.03. The number of aryl methyl sites for hydroxylation is 1. The van der Waals surface area contributed by atoms with Crippen LogP contribution in [0.3, 0.4) is 0 Å². The van der Waals surface area contributed by atoms with Crippen molar-refractivity contribution >= 4 is 35.2 Å². The minimum absolute atomic E-state index is 0.167. The number of hydrogen-bond acceptors (Lipinski definition) is 5. The highest BCUT2D eigenvalue weighted by molar-refractivity contribution is 7.99. The van der Waals surface area contributed by atoms with Crippen molar-refractivity contribution in [2.24, 2.45) is 0 Å². The highest BCUT2D eigenvalue weighted by Gasteiger charge is 2.27. The molecule has 0 atom stereocenters. The predicted octanol–water partition coefficient (Wildman–Crippen LogP) is 8.84. The van der Waals surface area contributed by atoms with Gasteiger partial charge in [-0.25, -0.2) is 0 Å². The monoisotopic (exact) mass is 479 g/mol. The molecule has 0 amide bonds. The molecule has 3 aromatic carbocycles. The molecule has 1 heterocycles. The van der Waals surface area contributed by atoms with E-state index in [1.165, 1.54) is 22.5 Å². The van der Waals surface area contributed by atoms with Gasteiger partial charge in [-0.3, -0.25) is 0 Å². The van der Waals surface area contributed by atoms with Crippen LogP contribution in [0.2, 0.25) is 0 Å². The normalized spacial score (nSPS) is 13.2. The van der Waals surface area contributed by atoms with E-state index in [-0.39, 0.29) is 10.8 Å². The summed E-state index contributed by atoms with van der Waals surface area (Å²) < 4.78 is 6.16. The van der Waals surface area contributed by atoms with Crippen molar-refractivity contribution in [1.29, 1.82) is 0 Å². The molecule has 0 unspecified atom stereocenters. The molecule has 174 valence electrons. The van der Waals surface area contributed by atoms with Crippen molar-refractivity contribution in [1.82, 2.24) is 0 Å². The van der Waals surface area contributed by atoms with Crippen molar-refractivity contribution in [2.45, 2.75) is 80.4 Å². The molecule has 1 aliphatic rings. The van der Waals surface area contributed by atoms with E-state index in [1.54, 1.807) is 11.8 Å². The lowest BCUT2D eigenvalue weighted by Crippen LogP contribution is -2.17. The third-order valence-electron chi connectivity index (χ3n) is 5.83. The first-order valence-electron chi connectivity index (χ1n) is 11.4. The van der Waals surface area contributed by atoms with Crippen LogP contribution in [0.15, 0.2) is 63.2 Å². The van der Waals surface area contributed by atoms with E-state index in [0.717, 1.165) is 44.5 Å². The van der Waals surface area contributed by atoms with Gasteiger partial charge in [-0.2, -0.15) is 0 Å². The quantitative estimate of drug-likeness (QED) is 0.286. The fourth-order valence-corrected chi connectivity index (χ4v) is 5.58. The van der Waals surface area contributed by atoms with E-state index in [0.29, 0.717) is 5.75 Å². The van der Waals surface area contributed by atoms with Gasteiger partial charge in [-0.15, -0.1) is 0 Å². The summed E-state index contributed by atoms with van der Waals surface area (Å²) in [5.41, 5.74) is 5.14. The van der Waals surface area contributed by atoms with Gasteiger partial charge >= 0.3 is 0 Å². The number of nitrogens with one attached hydrogen (secondary N) is 1. The number of phenols is 1. The average molecular weight is 480 g/mol. The summed E-state index contributed by atoms with van der Waals surface area (Å²) in [5, 5.41) is 14.5. The lowest BCUT2D eigenvalue weighted by atomic mass is 9.79. The van der Waals surface area contributed by atoms with Crippen LogP contribution in [-0.4, -0.2) is 5.11 Å². The van der Waals surface area contributed by atoms with E-state index in [9.17, 15) is 5.11 Å². The maximum absolute atomic E-state index is 11.0. The molecule has 4 rings (SSSR count). The third-order valence-corrected chi connectivity index (χ3v) is 7.65. The molecule has 3 aromatic rings. The van der Waals surface area contributed by atoms with Crippen molar-refractivity contribution in [3.05, 3.63) is 65.2 Å². The van der Waals surface area contributed by atoms with Gasteiger partial charge in [0.25, 0.3) is 0 Å². The summed E-state index contributed by atoms with van der Waals surface area (Å²) >= 11 is 3.12. The van der Waals surface area contributed by atoms with Crippen LogP contribution in [-0.2, 0) is 17.3 Å². The molecule has 0 fully saturated rings. The summed E-state index contributed by atoms with van der Waals surface area (Å²) in [7, 11) is 0. The minimum Gasteiger partial charge on any atom is -0.507 e. The smallest absolute Gasteiger partial charge is 0.139 e. The van der Waals surface area contributed by atoms with Gasteiger partial charge in [0, 0.05) is 25.8 Å². The fourth-order valence-electron chi connectivity index (χ4n) is 3.88. The standard InChI is InChI=1S/C28H33NO2S2/c1-8-17-9-11-22-24(13-17)32-25-14-18(10-12-23(25)29-22)31-33-19-15-20(27(2,3)4)26(30)21(16-19)28(5,6)7/h9-16,29-30H,8H2,1-7H3. The molecule has 0 aliphatic carbocycles. The fraction of sp³-hybridized carbons (Fsp3) is 0.357.